The maximum Gasteiger partial charge on any atom is 0.222 e. The van der Waals surface area contributed by atoms with E-state index < -0.39 is 0 Å². The Hall–Kier alpha value is -2.17. The van der Waals surface area contributed by atoms with Gasteiger partial charge in [-0.25, -0.2) is 4.39 Å². The molecular formula is C18H24FN3O. The predicted octanol–water partition coefficient (Wildman–Crippen LogP) is 3.80. The first-order valence-corrected chi connectivity index (χ1v) is 8.14. The molecule has 0 saturated heterocycles. The smallest absolute Gasteiger partial charge is 0.222 e. The van der Waals surface area contributed by atoms with Crippen LogP contribution in [-0.4, -0.2) is 34.6 Å². The normalized spacial score (nSPS) is 10.7. The molecule has 5 heteroatoms. The van der Waals surface area contributed by atoms with Crippen LogP contribution in [0.4, 0.5) is 4.39 Å². The lowest BCUT2D eigenvalue weighted by Gasteiger charge is -2.15. The SMILES string of the molecule is CCC(=O)N(C)CCCCCc1cc(-c2ccc(F)cc2)n[nH]1. The highest BCUT2D eigenvalue weighted by Gasteiger charge is 2.06. The molecule has 0 saturated carbocycles. The molecule has 23 heavy (non-hydrogen) atoms. The molecule has 2 rings (SSSR count). The Kier molecular flexibility index (Phi) is 6.32. The number of carbonyl (C=O) groups excluding carboxylic acids is 1. The third kappa shape index (κ3) is 5.20. The molecule has 4 nitrogen and oxygen atoms in total. The number of amides is 1. The zero-order chi connectivity index (χ0) is 16.7. The lowest BCUT2D eigenvalue weighted by Crippen LogP contribution is -2.26. The molecule has 2 aromatic rings. The van der Waals surface area contributed by atoms with Gasteiger partial charge < -0.3 is 4.90 Å². The van der Waals surface area contributed by atoms with Crippen molar-refractivity contribution in [2.45, 2.75) is 39.0 Å². The molecule has 0 aliphatic rings. The summed E-state index contributed by atoms with van der Waals surface area (Å²) in [5.41, 5.74) is 2.84. The van der Waals surface area contributed by atoms with Crippen LogP contribution < -0.4 is 0 Å². The standard InChI is InChI=1S/C18H24FN3O/c1-3-18(23)22(2)12-6-4-5-7-16-13-17(21-20-16)14-8-10-15(19)11-9-14/h8-11,13H,3-7,12H2,1-2H3,(H,20,21). The summed E-state index contributed by atoms with van der Waals surface area (Å²) in [5.74, 6) is -0.0430. The number of nitrogens with zero attached hydrogens (tertiary/aromatic N) is 2. The van der Waals surface area contributed by atoms with Gasteiger partial charge in [0.2, 0.25) is 5.91 Å². The summed E-state index contributed by atoms with van der Waals surface area (Å²) in [6, 6.07) is 8.36. The highest BCUT2D eigenvalue weighted by Crippen LogP contribution is 2.18. The van der Waals surface area contributed by atoms with E-state index in [1.165, 1.54) is 12.1 Å². The molecule has 1 aromatic heterocycles. The molecule has 0 aliphatic heterocycles. The second-order valence-electron chi connectivity index (χ2n) is 5.76. The fraction of sp³-hybridized carbons (Fsp3) is 0.444. The first kappa shape index (κ1) is 17.2. The van der Waals surface area contributed by atoms with Crippen molar-refractivity contribution >= 4 is 5.91 Å². The van der Waals surface area contributed by atoms with Crippen molar-refractivity contribution in [3.05, 3.63) is 41.8 Å². The van der Waals surface area contributed by atoms with Gasteiger partial charge in [-0.1, -0.05) is 13.3 Å². The number of halogens is 1. The number of hydrogen-bond donors (Lipinski definition) is 1. The average molecular weight is 317 g/mol. The molecule has 124 valence electrons. The molecular weight excluding hydrogens is 293 g/mol. The van der Waals surface area contributed by atoms with Crippen molar-refractivity contribution in [1.82, 2.24) is 15.1 Å². The van der Waals surface area contributed by atoms with Gasteiger partial charge in [0.1, 0.15) is 5.82 Å². The van der Waals surface area contributed by atoms with Crippen LogP contribution in [0.5, 0.6) is 0 Å². The molecule has 1 amide bonds. The van der Waals surface area contributed by atoms with E-state index in [2.05, 4.69) is 10.2 Å². The van der Waals surface area contributed by atoms with Gasteiger partial charge in [-0.05, 0) is 49.6 Å². The number of rotatable bonds is 8. The van der Waals surface area contributed by atoms with Crippen LogP contribution in [0.25, 0.3) is 11.3 Å². The van der Waals surface area contributed by atoms with E-state index in [4.69, 9.17) is 0 Å². The van der Waals surface area contributed by atoms with Crippen LogP contribution in [0.15, 0.2) is 30.3 Å². The van der Waals surface area contributed by atoms with Crippen molar-refractivity contribution in [3.63, 3.8) is 0 Å². The Bertz CT molecular complexity index is 621. The highest BCUT2D eigenvalue weighted by molar-refractivity contribution is 5.75. The summed E-state index contributed by atoms with van der Waals surface area (Å²) in [6.07, 6.45) is 4.64. The first-order valence-electron chi connectivity index (χ1n) is 8.14. The van der Waals surface area contributed by atoms with Crippen LogP contribution in [0.1, 0.15) is 38.3 Å². The summed E-state index contributed by atoms with van der Waals surface area (Å²) < 4.78 is 12.9. The van der Waals surface area contributed by atoms with E-state index in [0.29, 0.717) is 6.42 Å². The van der Waals surface area contributed by atoms with Gasteiger partial charge in [0, 0.05) is 31.3 Å². The quantitative estimate of drug-likeness (QED) is 0.753. The number of nitrogens with one attached hydrogen (secondary N) is 1. The van der Waals surface area contributed by atoms with Crippen molar-refractivity contribution < 1.29 is 9.18 Å². The summed E-state index contributed by atoms with van der Waals surface area (Å²) in [7, 11) is 1.86. The lowest BCUT2D eigenvalue weighted by atomic mass is 10.1. The van der Waals surface area contributed by atoms with E-state index in [0.717, 1.165) is 49.2 Å². The van der Waals surface area contributed by atoms with Crippen molar-refractivity contribution in [3.8, 4) is 11.3 Å². The van der Waals surface area contributed by atoms with Gasteiger partial charge in [-0.2, -0.15) is 5.10 Å². The minimum atomic E-state index is -0.240. The van der Waals surface area contributed by atoms with E-state index in [-0.39, 0.29) is 11.7 Å². The summed E-state index contributed by atoms with van der Waals surface area (Å²) in [6.45, 7) is 2.70. The van der Waals surface area contributed by atoms with Gasteiger partial charge in [0.25, 0.3) is 0 Å². The molecule has 0 fully saturated rings. The van der Waals surface area contributed by atoms with Gasteiger partial charge >= 0.3 is 0 Å². The molecule has 0 spiro atoms. The van der Waals surface area contributed by atoms with Crippen LogP contribution >= 0.6 is 0 Å². The van der Waals surface area contributed by atoms with E-state index >= 15 is 0 Å². The molecule has 0 radical (unpaired) electrons. The zero-order valence-corrected chi connectivity index (χ0v) is 13.8. The zero-order valence-electron chi connectivity index (χ0n) is 13.8. The Morgan fingerprint density at radius 1 is 1.22 bits per heavy atom. The number of hydrogen-bond acceptors (Lipinski definition) is 2. The number of benzene rings is 1. The van der Waals surface area contributed by atoms with E-state index in [9.17, 15) is 9.18 Å². The number of aromatic nitrogens is 2. The molecule has 0 unspecified atom stereocenters. The molecule has 1 N–H and O–H groups in total. The second kappa shape index (κ2) is 8.46. The summed E-state index contributed by atoms with van der Waals surface area (Å²) in [5, 5.41) is 7.31. The number of aromatic amines is 1. The third-order valence-corrected chi connectivity index (χ3v) is 3.94. The Morgan fingerprint density at radius 3 is 2.65 bits per heavy atom. The number of aryl methyl sites for hydroxylation is 1. The van der Waals surface area contributed by atoms with Crippen molar-refractivity contribution in [2.75, 3.05) is 13.6 Å². The minimum absolute atomic E-state index is 0.197. The average Bonchev–Trinajstić information content (AvgIpc) is 3.03. The van der Waals surface area contributed by atoms with Gasteiger partial charge in [-0.3, -0.25) is 9.89 Å². The predicted molar refractivity (Wildman–Crippen MR) is 89.5 cm³/mol. The van der Waals surface area contributed by atoms with E-state index in [1.807, 2.05) is 20.0 Å². The summed E-state index contributed by atoms with van der Waals surface area (Å²) in [4.78, 5) is 13.2. The van der Waals surface area contributed by atoms with E-state index in [1.54, 1.807) is 17.0 Å². The van der Waals surface area contributed by atoms with Crippen LogP contribution in [-0.2, 0) is 11.2 Å². The number of unbranched alkanes of at least 4 members (excludes halogenated alkanes) is 2. The Labute approximate surface area is 136 Å². The fourth-order valence-corrected chi connectivity index (χ4v) is 2.49. The second-order valence-corrected chi connectivity index (χ2v) is 5.76. The maximum atomic E-state index is 12.9. The molecule has 0 aliphatic carbocycles. The minimum Gasteiger partial charge on any atom is -0.346 e. The number of H-pyrrole nitrogens is 1. The van der Waals surface area contributed by atoms with Crippen molar-refractivity contribution in [1.29, 1.82) is 0 Å². The largest absolute Gasteiger partial charge is 0.346 e. The monoisotopic (exact) mass is 317 g/mol. The van der Waals surface area contributed by atoms with Crippen molar-refractivity contribution in [2.24, 2.45) is 0 Å². The van der Waals surface area contributed by atoms with Gasteiger partial charge in [0.05, 0.1) is 5.69 Å². The Balaban J connectivity index is 1.73. The van der Waals surface area contributed by atoms with Crippen LogP contribution in [0.3, 0.4) is 0 Å². The first-order chi connectivity index (χ1) is 11.1. The highest BCUT2D eigenvalue weighted by atomic mass is 19.1. The maximum absolute atomic E-state index is 12.9. The van der Waals surface area contributed by atoms with Crippen LogP contribution in [0.2, 0.25) is 0 Å². The lowest BCUT2D eigenvalue weighted by molar-refractivity contribution is -0.129. The van der Waals surface area contributed by atoms with Crippen LogP contribution in [0, 0.1) is 5.82 Å². The molecule has 0 atom stereocenters. The summed E-state index contributed by atoms with van der Waals surface area (Å²) >= 11 is 0. The molecule has 0 bridgehead atoms. The molecule has 1 aromatic carbocycles. The molecule has 1 heterocycles. The number of carbonyl (C=O) groups is 1. The topological polar surface area (TPSA) is 49.0 Å². The Morgan fingerprint density at radius 2 is 1.96 bits per heavy atom. The third-order valence-electron chi connectivity index (χ3n) is 3.94. The van der Waals surface area contributed by atoms with Gasteiger partial charge in [0.15, 0.2) is 0 Å². The fourth-order valence-electron chi connectivity index (χ4n) is 2.49. The van der Waals surface area contributed by atoms with Gasteiger partial charge in [-0.15, -0.1) is 0 Å².